The highest BCUT2D eigenvalue weighted by Crippen LogP contribution is 2.28. The van der Waals surface area contributed by atoms with E-state index in [0.29, 0.717) is 25.4 Å². The fourth-order valence-corrected chi connectivity index (χ4v) is 4.60. The maximum Gasteiger partial charge on any atom is 0.214 e. The molecule has 0 fully saturated rings. The number of unbranched alkanes of at least 4 members (excludes halogenated alkanes) is 1. The monoisotopic (exact) mass is 326 g/mol. The Morgan fingerprint density at radius 1 is 1.24 bits per heavy atom. The van der Waals surface area contributed by atoms with Gasteiger partial charge in [0.15, 0.2) is 0 Å². The summed E-state index contributed by atoms with van der Waals surface area (Å²) >= 11 is 5.62. The van der Waals surface area contributed by atoms with Gasteiger partial charge < -0.3 is 4.98 Å². The number of alkyl halides is 1. The van der Waals surface area contributed by atoms with Crippen LogP contribution < -0.4 is 0 Å². The fourth-order valence-electron chi connectivity index (χ4n) is 2.89. The van der Waals surface area contributed by atoms with E-state index in [0.717, 1.165) is 29.3 Å². The Hall–Kier alpha value is -1.04. The standard InChI is InChI=1S/C15H19ClN2O2S/c16-8-3-4-10-21(19,20)18-9-7-15-13(11-18)12-5-1-2-6-14(12)17-15/h1-2,5-6,17H,3-4,7-11H2. The average molecular weight is 327 g/mol. The lowest BCUT2D eigenvalue weighted by Gasteiger charge is -2.26. The number of nitrogens with one attached hydrogen (secondary N) is 1. The first-order chi connectivity index (χ1) is 10.1. The van der Waals surface area contributed by atoms with Crippen LogP contribution in [0.2, 0.25) is 0 Å². The fraction of sp³-hybridized carbons (Fsp3) is 0.467. The second-order valence-corrected chi connectivity index (χ2v) is 7.89. The van der Waals surface area contributed by atoms with Crippen molar-refractivity contribution in [1.82, 2.24) is 9.29 Å². The summed E-state index contributed by atoms with van der Waals surface area (Å²) in [5, 5.41) is 1.13. The molecule has 6 heteroatoms. The predicted octanol–water partition coefficient (Wildman–Crippen LogP) is 2.87. The third-order valence-electron chi connectivity index (χ3n) is 4.03. The van der Waals surface area contributed by atoms with Crippen molar-refractivity contribution < 1.29 is 8.42 Å². The number of H-pyrrole nitrogens is 1. The Bertz CT molecular complexity index is 739. The molecule has 2 heterocycles. The van der Waals surface area contributed by atoms with Gasteiger partial charge in [-0.2, -0.15) is 4.31 Å². The number of aromatic nitrogens is 1. The van der Waals surface area contributed by atoms with E-state index in [1.54, 1.807) is 4.31 Å². The molecule has 0 unspecified atom stereocenters. The third-order valence-corrected chi connectivity index (χ3v) is 6.20. The Morgan fingerprint density at radius 2 is 2.05 bits per heavy atom. The normalized spacial score (nSPS) is 16.2. The Balaban J connectivity index is 1.83. The van der Waals surface area contributed by atoms with E-state index >= 15 is 0 Å². The number of halogens is 1. The molecule has 4 nitrogen and oxygen atoms in total. The van der Waals surface area contributed by atoms with Crippen LogP contribution in [-0.4, -0.2) is 35.9 Å². The van der Waals surface area contributed by atoms with E-state index in [9.17, 15) is 8.42 Å². The molecule has 0 atom stereocenters. The molecule has 0 saturated heterocycles. The van der Waals surface area contributed by atoms with Gasteiger partial charge in [-0.1, -0.05) is 18.2 Å². The Kier molecular flexibility index (Phi) is 4.24. The summed E-state index contributed by atoms with van der Waals surface area (Å²) in [4.78, 5) is 3.40. The van der Waals surface area contributed by atoms with Crippen molar-refractivity contribution in [2.24, 2.45) is 0 Å². The molecule has 0 spiro atoms. The Labute approximate surface area is 130 Å². The molecule has 1 aliphatic heterocycles. The van der Waals surface area contributed by atoms with Crippen LogP contribution >= 0.6 is 11.6 Å². The number of hydrogen-bond donors (Lipinski definition) is 1. The summed E-state index contributed by atoms with van der Waals surface area (Å²) in [6.07, 6.45) is 2.12. The number of hydrogen-bond acceptors (Lipinski definition) is 2. The molecule has 1 aliphatic rings. The average Bonchev–Trinajstić information content (AvgIpc) is 2.85. The molecule has 21 heavy (non-hydrogen) atoms. The van der Waals surface area contributed by atoms with E-state index < -0.39 is 10.0 Å². The quantitative estimate of drug-likeness (QED) is 0.678. The first-order valence-corrected chi connectivity index (χ1v) is 9.38. The SMILES string of the molecule is O=S(=O)(CCCCCl)N1CCc2[nH]c3ccccc3c2C1. The largest absolute Gasteiger partial charge is 0.358 e. The zero-order valence-corrected chi connectivity index (χ0v) is 13.4. The first kappa shape index (κ1) is 14.9. The highest BCUT2D eigenvalue weighted by atomic mass is 35.5. The van der Waals surface area contributed by atoms with Crippen molar-refractivity contribution in [2.75, 3.05) is 18.2 Å². The van der Waals surface area contributed by atoms with Crippen LogP contribution in [0.5, 0.6) is 0 Å². The maximum absolute atomic E-state index is 12.4. The molecule has 0 amide bonds. The molecular weight excluding hydrogens is 308 g/mol. The minimum absolute atomic E-state index is 0.192. The van der Waals surface area contributed by atoms with Crippen molar-refractivity contribution in [3.05, 3.63) is 35.5 Å². The van der Waals surface area contributed by atoms with Gasteiger partial charge in [-0.05, 0) is 24.5 Å². The topological polar surface area (TPSA) is 53.2 Å². The van der Waals surface area contributed by atoms with Gasteiger partial charge in [-0.15, -0.1) is 11.6 Å². The molecule has 1 aromatic heterocycles. The van der Waals surface area contributed by atoms with Gasteiger partial charge in [0, 0.05) is 42.0 Å². The van der Waals surface area contributed by atoms with Gasteiger partial charge in [0.25, 0.3) is 0 Å². The Morgan fingerprint density at radius 3 is 2.86 bits per heavy atom. The first-order valence-electron chi connectivity index (χ1n) is 7.24. The zero-order chi connectivity index (χ0) is 14.9. The molecule has 0 radical (unpaired) electrons. The molecular formula is C15H19ClN2O2S. The van der Waals surface area contributed by atoms with E-state index in [1.165, 1.54) is 5.69 Å². The molecule has 1 aromatic carbocycles. The number of rotatable bonds is 5. The van der Waals surface area contributed by atoms with Gasteiger partial charge in [-0.25, -0.2) is 8.42 Å². The maximum atomic E-state index is 12.4. The van der Waals surface area contributed by atoms with Crippen LogP contribution in [0, 0.1) is 0 Å². The lowest BCUT2D eigenvalue weighted by atomic mass is 10.1. The molecule has 1 N–H and O–H groups in total. The van der Waals surface area contributed by atoms with Gasteiger partial charge in [-0.3, -0.25) is 0 Å². The van der Waals surface area contributed by atoms with Crippen LogP contribution in [0.3, 0.4) is 0 Å². The van der Waals surface area contributed by atoms with Crippen LogP contribution in [0.1, 0.15) is 24.1 Å². The highest BCUT2D eigenvalue weighted by Gasteiger charge is 2.28. The third kappa shape index (κ3) is 2.96. The summed E-state index contributed by atoms with van der Waals surface area (Å²) in [6.45, 7) is 1.03. The van der Waals surface area contributed by atoms with Crippen LogP contribution in [0.4, 0.5) is 0 Å². The second-order valence-electron chi connectivity index (χ2n) is 5.42. The van der Waals surface area contributed by atoms with E-state index in [4.69, 9.17) is 11.6 Å². The molecule has 2 aromatic rings. The number of aromatic amines is 1. The van der Waals surface area contributed by atoms with E-state index in [1.807, 2.05) is 24.3 Å². The van der Waals surface area contributed by atoms with Crippen LogP contribution in [0.25, 0.3) is 10.9 Å². The number of fused-ring (bicyclic) bond motifs is 3. The van der Waals surface area contributed by atoms with Crippen LogP contribution in [0.15, 0.2) is 24.3 Å². The number of para-hydroxylation sites is 1. The lowest BCUT2D eigenvalue weighted by Crippen LogP contribution is -2.37. The molecule has 0 aliphatic carbocycles. The highest BCUT2D eigenvalue weighted by molar-refractivity contribution is 7.89. The van der Waals surface area contributed by atoms with Crippen molar-refractivity contribution in [2.45, 2.75) is 25.8 Å². The van der Waals surface area contributed by atoms with Crippen molar-refractivity contribution in [3.63, 3.8) is 0 Å². The lowest BCUT2D eigenvalue weighted by molar-refractivity contribution is 0.390. The van der Waals surface area contributed by atoms with Crippen molar-refractivity contribution in [3.8, 4) is 0 Å². The van der Waals surface area contributed by atoms with Crippen molar-refractivity contribution >= 4 is 32.5 Å². The molecule has 0 saturated carbocycles. The smallest absolute Gasteiger partial charge is 0.214 e. The minimum atomic E-state index is -3.18. The molecule has 0 bridgehead atoms. The van der Waals surface area contributed by atoms with Gasteiger partial charge in [0.05, 0.1) is 5.75 Å². The van der Waals surface area contributed by atoms with Gasteiger partial charge >= 0.3 is 0 Å². The van der Waals surface area contributed by atoms with Crippen molar-refractivity contribution in [1.29, 1.82) is 0 Å². The summed E-state index contributed by atoms with van der Waals surface area (Å²) in [5.74, 6) is 0.708. The summed E-state index contributed by atoms with van der Waals surface area (Å²) in [7, 11) is -3.18. The molecule has 3 rings (SSSR count). The molecule has 114 valence electrons. The summed E-state index contributed by atoms with van der Waals surface area (Å²) < 4.78 is 26.4. The summed E-state index contributed by atoms with van der Waals surface area (Å²) in [5.41, 5.74) is 3.38. The second kappa shape index (κ2) is 5.99. The zero-order valence-electron chi connectivity index (χ0n) is 11.8. The van der Waals surface area contributed by atoms with E-state index in [2.05, 4.69) is 4.98 Å². The van der Waals surface area contributed by atoms with Gasteiger partial charge in [0.1, 0.15) is 0 Å². The van der Waals surface area contributed by atoms with E-state index in [-0.39, 0.29) is 5.75 Å². The van der Waals surface area contributed by atoms with Gasteiger partial charge in [0.2, 0.25) is 10.0 Å². The van der Waals surface area contributed by atoms with Crippen LogP contribution in [-0.2, 0) is 23.0 Å². The number of sulfonamides is 1. The number of benzene rings is 1. The number of nitrogens with zero attached hydrogens (tertiary/aromatic N) is 1. The summed E-state index contributed by atoms with van der Waals surface area (Å²) in [6, 6.07) is 8.07. The minimum Gasteiger partial charge on any atom is -0.358 e. The predicted molar refractivity (Wildman–Crippen MR) is 86.2 cm³/mol.